The van der Waals surface area contributed by atoms with Gasteiger partial charge in [-0.15, -0.1) is 0 Å². The Hall–Kier alpha value is -2.35. The van der Waals surface area contributed by atoms with Crippen LogP contribution in [0, 0.1) is 0 Å². The molecule has 27 heavy (non-hydrogen) atoms. The van der Waals surface area contributed by atoms with Crippen LogP contribution >= 0.6 is 27.5 Å². The molecule has 4 aromatic carbocycles. The Balaban J connectivity index is 2.01. The number of halogens is 2. The fourth-order valence-electron chi connectivity index (χ4n) is 4.49. The van der Waals surface area contributed by atoms with Crippen molar-refractivity contribution in [3.63, 3.8) is 0 Å². The highest BCUT2D eigenvalue weighted by molar-refractivity contribution is 9.10. The van der Waals surface area contributed by atoms with Crippen LogP contribution in [0.4, 0.5) is 0 Å². The lowest BCUT2D eigenvalue weighted by Crippen LogP contribution is -2.29. The first kappa shape index (κ1) is 16.8. The predicted molar refractivity (Wildman–Crippen MR) is 116 cm³/mol. The Bertz CT molecular complexity index is 1150. The van der Waals surface area contributed by atoms with Gasteiger partial charge in [0.2, 0.25) is 0 Å². The monoisotopic (exact) mass is 430 g/mol. The van der Waals surface area contributed by atoms with Gasteiger partial charge in [-0.1, -0.05) is 106 Å². The van der Waals surface area contributed by atoms with E-state index in [2.05, 4.69) is 101 Å². The van der Waals surface area contributed by atoms with Crippen LogP contribution in [-0.4, -0.2) is 0 Å². The number of hydrogen-bond acceptors (Lipinski definition) is 0. The lowest BCUT2D eigenvalue weighted by molar-refractivity contribution is 0.764. The molecule has 0 saturated heterocycles. The van der Waals surface area contributed by atoms with Crippen molar-refractivity contribution >= 4 is 27.5 Å². The van der Waals surface area contributed by atoms with Crippen LogP contribution in [-0.2, 0) is 5.41 Å². The van der Waals surface area contributed by atoms with Gasteiger partial charge in [0, 0.05) is 9.50 Å². The average molecular weight is 432 g/mol. The van der Waals surface area contributed by atoms with Crippen LogP contribution in [0.1, 0.15) is 22.3 Å². The van der Waals surface area contributed by atoms with Crippen molar-refractivity contribution in [1.29, 1.82) is 0 Å². The minimum absolute atomic E-state index is 0.405. The Morgan fingerprint density at radius 1 is 0.630 bits per heavy atom. The molecule has 0 saturated carbocycles. The summed E-state index contributed by atoms with van der Waals surface area (Å²) in [5.41, 5.74) is 7.13. The first-order valence-electron chi connectivity index (χ1n) is 8.93. The average Bonchev–Trinajstić information content (AvgIpc) is 3.02. The SMILES string of the molecule is Clc1cccc(C2(c3ccccc3)c3ccccc3-c3cccc(Br)c32)c1. The van der Waals surface area contributed by atoms with Crippen LogP contribution in [0.5, 0.6) is 0 Å². The zero-order valence-electron chi connectivity index (χ0n) is 14.5. The van der Waals surface area contributed by atoms with Crippen molar-refractivity contribution in [1.82, 2.24) is 0 Å². The summed E-state index contributed by atoms with van der Waals surface area (Å²) in [5.74, 6) is 0. The lowest BCUT2D eigenvalue weighted by Gasteiger charge is -2.34. The number of benzene rings is 4. The van der Waals surface area contributed by atoms with Crippen LogP contribution in [0.2, 0.25) is 5.02 Å². The molecule has 1 aliphatic carbocycles. The normalized spacial score (nSPS) is 17.4. The molecule has 0 amide bonds. The molecule has 130 valence electrons. The second-order valence-corrected chi connectivity index (χ2v) is 8.13. The van der Waals surface area contributed by atoms with Gasteiger partial charge in [0.05, 0.1) is 5.41 Å². The third-order valence-corrected chi connectivity index (χ3v) is 6.37. The Morgan fingerprint density at radius 3 is 2.11 bits per heavy atom. The third kappa shape index (κ3) is 2.35. The topological polar surface area (TPSA) is 0 Å². The summed E-state index contributed by atoms with van der Waals surface area (Å²) < 4.78 is 1.11. The molecule has 0 radical (unpaired) electrons. The zero-order chi connectivity index (χ0) is 18.4. The van der Waals surface area contributed by atoms with Gasteiger partial charge in [0.15, 0.2) is 0 Å². The Morgan fingerprint density at radius 2 is 1.30 bits per heavy atom. The highest BCUT2D eigenvalue weighted by Crippen LogP contribution is 2.58. The van der Waals surface area contributed by atoms with Crippen molar-refractivity contribution in [2.75, 3.05) is 0 Å². The maximum Gasteiger partial charge on any atom is 0.0725 e. The summed E-state index contributed by atoms with van der Waals surface area (Å²) in [6.07, 6.45) is 0. The van der Waals surface area contributed by atoms with E-state index in [1.165, 1.54) is 33.4 Å². The number of hydrogen-bond donors (Lipinski definition) is 0. The maximum absolute atomic E-state index is 6.45. The summed E-state index contributed by atoms with van der Waals surface area (Å²) in [6.45, 7) is 0. The minimum atomic E-state index is -0.405. The molecule has 0 fully saturated rings. The molecule has 0 bridgehead atoms. The summed E-state index contributed by atoms with van der Waals surface area (Å²) in [4.78, 5) is 0. The fraction of sp³-hybridized carbons (Fsp3) is 0.0400. The maximum atomic E-state index is 6.45. The van der Waals surface area contributed by atoms with Crippen molar-refractivity contribution in [3.05, 3.63) is 129 Å². The van der Waals surface area contributed by atoms with Crippen molar-refractivity contribution < 1.29 is 0 Å². The molecule has 0 N–H and O–H groups in total. The van der Waals surface area contributed by atoms with Crippen LogP contribution < -0.4 is 0 Å². The van der Waals surface area contributed by atoms with Gasteiger partial charge >= 0.3 is 0 Å². The van der Waals surface area contributed by atoms with Crippen LogP contribution in [0.25, 0.3) is 11.1 Å². The highest BCUT2D eigenvalue weighted by atomic mass is 79.9. The van der Waals surface area contributed by atoms with E-state index < -0.39 is 5.41 Å². The third-order valence-electron chi connectivity index (χ3n) is 5.47. The van der Waals surface area contributed by atoms with Gasteiger partial charge in [-0.3, -0.25) is 0 Å². The molecular weight excluding hydrogens is 416 g/mol. The van der Waals surface area contributed by atoms with E-state index in [9.17, 15) is 0 Å². The molecular formula is C25H16BrCl. The summed E-state index contributed by atoms with van der Waals surface area (Å²) in [6, 6.07) is 34.1. The molecule has 0 nitrogen and oxygen atoms in total. The van der Waals surface area contributed by atoms with Crippen LogP contribution in [0.3, 0.4) is 0 Å². The van der Waals surface area contributed by atoms with Gasteiger partial charge < -0.3 is 0 Å². The van der Waals surface area contributed by atoms with E-state index >= 15 is 0 Å². The van der Waals surface area contributed by atoms with Gasteiger partial charge in [-0.25, -0.2) is 0 Å². The van der Waals surface area contributed by atoms with E-state index in [1.54, 1.807) is 0 Å². The Labute approximate surface area is 172 Å². The first-order valence-corrected chi connectivity index (χ1v) is 10.1. The van der Waals surface area contributed by atoms with Gasteiger partial charge in [-0.2, -0.15) is 0 Å². The summed E-state index contributed by atoms with van der Waals surface area (Å²) in [7, 11) is 0. The lowest BCUT2D eigenvalue weighted by atomic mass is 9.68. The predicted octanol–water partition coefficient (Wildman–Crippen LogP) is 7.47. The quantitative estimate of drug-likeness (QED) is 0.272. The van der Waals surface area contributed by atoms with Crippen molar-refractivity contribution in [3.8, 4) is 11.1 Å². The van der Waals surface area contributed by atoms with Crippen molar-refractivity contribution in [2.45, 2.75) is 5.41 Å². The van der Waals surface area contributed by atoms with Crippen LogP contribution in [0.15, 0.2) is 102 Å². The van der Waals surface area contributed by atoms with Crippen molar-refractivity contribution in [2.24, 2.45) is 0 Å². The minimum Gasteiger partial charge on any atom is -0.0843 e. The van der Waals surface area contributed by atoms with E-state index in [4.69, 9.17) is 11.6 Å². The molecule has 2 heteroatoms. The zero-order valence-corrected chi connectivity index (χ0v) is 16.8. The number of fused-ring (bicyclic) bond motifs is 3. The molecule has 4 aromatic rings. The summed E-state index contributed by atoms with van der Waals surface area (Å²) in [5, 5.41) is 0.751. The Kier molecular flexibility index (Phi) is 3.96. The van der Waals surface area contributed by atoms with E-state index in [-0.39, 0.29) is 0 Å². The largest absolute Gasteiger partial charge is 0.0843 e. The highest BCUT2D eigenvalue weighted by Gasteiger charge is 2.47. The molecule has 1 atom stereocenters. The van der Waals surface area contributed by atoms with E-state index in [0.717, 1.165) is 9.50 Å². The first-order chi connectivity index (χ1) is 13.2. The molecule has 0 aromatic heterocycles. The molecule has 0 aliphatic heterocycles. The standard InChI is InChI=1S/C25H16BrCl/c26-23-15-7-13-21-20-12-4-5-14-22(20)25(24(21)23,17-8-2-1-3-9-17)18-10-6-11-19(27)16-18/h1-16H. The molecule has 5 rings (SSSR count). The smallest absolute Gasteiger partial charge is 0.0725 e. The van der Waals surface area contributed by atoms with Gasteiger partial charge in [0.25, 0.3) is 0 Å². The second-order valence-electron chi connectivity index (χ2n) is 6.83. The number of rotatable bonds is 2. The molecule has 1 aliphatic rings. The van der Waals surface area contributed by atoms with E-state index in [0.29, 0.717) is 0 Å². The second kappa shape index (κ2) is 6.37. The molecule has 0 heterocycles. The van der Waals surface area contributed by atoms with E-state index in [1.807, 2.05) is 12.1 Å². The van der Waals surface area contributed by atoms with Gasteiger partial charge in [0.1, 0.15) is 0 Å². The molecule has 1 unspecified atom stereocenters. The fourth-order valence-corrected chi connectivity index (χ4v) is 5.34. The molecule has 0 spiro atoms. The van der Waals surface area contributed by atoms with Gasteiger partial charge in [-0.05, 0) is 51.6 Å². The summed E-state index contributed by atoms with van der Waals surface area (Å²) >= 11 is 10.3.